The Balaban J connectivity index is 1.71. The van der Waals surface area contributed by atoms with E-state index in [0.29, 0.717) is 5.13 Å². The summed E-state index contributed by atoms with van der Waals surface area (Å²) in [6.45, 7) is -0.0129. The molecule has 11 heteroatoms. The topological polar surface area (TPSA) is 127 Å². The van der Waals surface area contributed by atoms with Crippen molar-refractivity contribution >= 4 is 48.3 Å². The summed E-state index contributed by atoms with van der Waals surface area (Å²) in [6.07, 6.45) is 0.0302. The summed E-state index contributed by atoms with van der Waals surface area (Å²) in [5, 5.41) is 22.6. The lowest BCUT2D eigenvalue weighted by molar-refractivity contribution is 0.102. The van der Waals surface area contributed by atoms with E-state index in [0.717, 1.165) is 20.0 Å². The van der Waals surface area contributed by atoms with Gasteiger partial charge in [0.15, 0.2) is 5.13 Å². The van der Waals surface area contributed by atoms with E-state index < -0.39 is 15.9 Å². The minimum absolute atomic E-state index is 0.00645. The molecule has 33 heavy (non-hydrogen) atoms. The number of rotatable bonds is 9. The third kappa shape index (κ3) is 6.24. The molecule has 1 heterocycles. The number of amides is 1. The molecule has 0 atom stereocenters. The first-order valence-corrected chi connectivity index (χ1v) is 12.8. The van der Waals surface area contributed by atoms with Crippen LogP contribution in [0.1, 0.15) is 23.2 Å². The fourth-order valence-electron chi connectivity index (χ4n) is 2.88. The molecule has 0 saturated heterocycles. The summed E-state index contributed by atoms with van der Waals surface area (Å²) >= 11 is 4.68. The van der Waals surface area contributed by atoms with Gasteiger partial charge in [0.2, 0.25) is 10.0 Å². The van der Waals surface area contributed by atoms with Crippen LogP contribution in [-0.4, -0.2) is 36.7 Å². The van der Waals surface area contributed by atoms with Crippen LogP contribution in [0, 0.1) is 22.7 Å². The van der Waals surface area contributed by atoms with Crippen molar-refractivity contribution in [2.24, 2.45) is 0 Å². The lowest BCUT2D eigenvalue weighted by Gasteiger charge is -2.20. The maximum Gasteiger partial charge on any atom is 0.257 e. The Bertz CT molecular complexity index is 1290. The molecule has 8 nitrogen and oxygen atoms in total. The fourth-order valence-corrected chi connectivity index (χ4v) is 5.30. The second kappa shape index (κ2) is 11.2. The molecule has 2 aromatic carbocycles. The highest BCUT2D eigenvalue weighted by atomic mass is 79.9. The SMILES string of the molecule is N#CCCN(CCC#N)S(=O)(=O)c1ccc(C(=O)Nc2nc(-c3ccc(Br)cc3)cs2)cc1. The number of hydrogen-bond donors (Lipinski definition) is 1. The van der Waals surface area contributed by atoms with Crippen LogP contribution in [0.4, 0.5) is 5.13 Å². The summed E-state index contributed by atoms with van der Waals surface area (Å²) in [4.78, 5) is 17.0. The quantitative estimate of drug-likeness (QED) is 0.418. The number of nitrogens with zero attached hydrogens (tertiary/aromatic N) is 4. The van der Waals surface area contributed by atoms with E-state index in [2.05, 4.69) is 26.2 Å². The monoisotopic (exact) mass is 543 g/mol. The lowest BCUT2D eigenvalue weighted by Crippen LogP contribution is -2.32. The zero-order valence-corrected chi connectivity index (χ0v) is 20.5. The number of aromatic nitrogens is 1. The molecule has 0 spiro atoms. The predicted molar refractivity (Wildman–Crippen MR) is 129 cm³/mol. The van der Waals surface area contributed by atoms with Gasteiger partial charge in [0, 0.05) is 46.9 Å². The van der Waals surface area contributed by atoms with Gasteiger partial charge in [-0.15, -0.1) is 11.3 Å². The first-order valence-electron chi connectivity index (χ1n) is 9.72. The molecule has 0 aliphatic carbocycles. The Hall–Kier alpha value is -3.09. The summed E-state index contributed by atoms with van der Waals surface area (Å²) in [5.41, 5.74) is 1.93. The molecular weight excluding hydrogens is 526 g/mol. The van der Waals surface area contributed by atoms with E-state index in [-0.39, 0.29) is 36.4 Å². The van der Waals surface area contributed by atoms with Crippen LogP contribution in [-0.2, 0) is 10.0 Å². The fraction of sp³-hybridized carbons (Fsp3) is 0.182. The lowest BCUT2D eigenvalue weighted by atomic mass is 10.2. The average molecular weight is 544 g/mol. The third-order valence-electron chi connectivity index (χ3n) is 4.56. The van der Waals surface area contributed by atoms with Crippen molar-refractivity contribution < 1.29 is 13.2 Å². The molecule has 0 aliphatic heterocycles. The number of halogens is 1. The second-order valence-electron chi connectivity index (χ2n) is 6.74. The Kier molecular flexibility index (Phi) is 8.31. The Morgan fingerprint density at radius 2 is 1.64 bits per heavy atom. The Morgan fingerprint density at radius 3 is 2.21 bits per heavy atom. The molecular formula is C22H18BrN5O3S2. The smallest absolute Gasteiger partial charge is 0.257 e. The van der Waals surface area contributed by atoms with Crippen molar-refractivity contribution in [3.8, 4) is 23.4 Å². The summed E-state index contributed by atoms with van der Waals surface area (Å²) < 4.78 is 27.8. The Morgan fingerprint density at radius 1 is 1.03 bits per heavy atom. The van der Waals surface area contributed by atoms with E-state index in [9.17, 15) is 13.2 Å². The largest absolute Gasteiger partial charge is 0.298 e. The van der Waals surface area contributed by atoms with Gasteiger partial charge in [-0.1, -0.05) is 28.1 Å². The second-order valence-corrected chi connectivity index (χ2v) is 10.5. The number of carbonyl (C=O) groups is 1. The van der Waals surface area contributed by atoms with Gasteiger partial charge in [0.05, 0.1) is 22.7 Å². The number of thiazole rings is 1. The number of carbonyl (C=O) groups excluding carboxylic acids is 1. The van der Waals surface area contributed by atoms with E-state index in [1.54, 1.807) is 0 Å². The maximum absolute atomic E-state index is 12.9. The molecule has 0 unspecified atom stereocenters. The molecule has 168 valence electrons. The predicted octanol–water partition coefficient (Wildman–Crippen LogP) is 4.64. The minimum atomic E-state index is -3.89. The summed E-state index contributed by atoms with van der Waals surface area (Å²) in [5.74, 6) is -0.415. The number of nitrogens with one attached hydrogen (secondary N) is 1. The van der Waals surface area contributed by atoms with Gasteiger partial charge >= 0.3 is 0 Å². The molecule has 0 aliphatic rings. The van der Waals surface area contributed by atoms with Crippen molar-refractivity contribution in [1.82, 2.24) is 9.29 Å². The minimum Gasteiger partial charge on any atom is -0.298 e. The van der Waals surface area contributed by atoms with Crippen LogP contribution in [0.25, 0.3) is 11.3 Å². The van der Waals surface area contributed by atoms with Gasteiger partial charge in [-0.2, -0.15) is 14.8 Å². The molecule has 3 rings (SSSR count). The van der Waals surface area contributed by atoms with Crippen LogP contribution in [0.3, 0.4) is 0 Å². The van der Waals surface area contributed by atoms with Crippen molar-refractivity contribution in [3.63, 3.8) is 0 Å². The first-order chi connectivity index (χ1) is 15.8. The highest BCUT2D eigenvalue weighted by Crippen LogP contribution is 2.26. The van der Waals surface area contributed by atoms with Gasteiger partial charge in [0.25, 0.3) is 5.91 Å². The summed E-state index contributed by atoms with van der Waals surface area (Å²) in [7, 11) is -3.89. The molecule has 0 fully saturated rings. The van der Waals surface area contributed by atoms with Gasteiger partial charge in [-0.3, -0.25) is 10.1 Å². The number of anilines is 1. The van der Waals surface area contributed by atoms with Gasteiger partial charge < -0.3 is 0 Å². The molecule has 0 saturated carbocycles. The Labute approximate surface area is 204 Å². The molecule has 1 amide bonds. The van der Waals surface area contributed by atoms with E-state index in [1.807, 2.05) is 41.8 Å². The van der Waals surface area contributed by atoms with Crippen molar-refractivity contribution in [2.75, 3.05) is 18.4 Å². The van der Waals surface area contributed by atoms with Gasteiger partial charge in [-0.25, -0.2) is 13.4 Å². The van der Waals surface area contributed by atoms with E-state index >= 15 is 0 Å². The molecule has 0 radical (unpaired) electrons. The van der Waals surface area contributed by atoms with Crippen molar-refractivity contribution in [2.45, 2.75) is 17.7 Å². The normalized spacial score (nSPS) is 11.0. The van der Waals surface area contributed by atoms with Crippen LogP contribution in [0.2, 0.25) is 0 Å². The standard InChI is InChI=1S/C22H18BrN5O3S2/c23-18-7-3-16(4-8-18)20-15-32-22(26-20)27-21(29)17-5-9-19(10-6-17)33(30,31)28(13-1-11-24)14-2-12-25/h3-10,15H,1-2,13-14H2,(H,26,27,29). The molecule has 0 bridgehead atoms. The molecule has 1 N–H and O–H groups in total. The van der Waals surface area contributed by atoms with Gasteiger partial charge in [-0.05, 0) is 36.4 Å². The van der Waals surface area contributed by atoms with E-state index in [4.69, 9.17) is 10.5 Å². The summed E-state index contributed by atoms with van der Waals surface area (Å²) in [6, 6.07) is 17.0. The molecule has 1 aromatic heterocycles. The zero-order valence-electron chi connectivity index (χ0n) is 17.2. The van der Waals surface area contributed by atoms with Gasteiger partial charge in [0.1, 0.15) is 0 Å². The number of sulfonamides is 1. The average Bonchev–Trinajstić information content (AvgIpc) is 3.28. The first kappa shape index (κ1) is 24.6. The number of benzene rings is 2. The van der Waals surface area contributed by atoms with Crippen molar-refractivity contribution in [1.29, 1.82) is 10.5 Å². The number of nitriles is 2. The zero-order chi connectivity index (χ0) is 23.8. The van der Waals surface area contributed by atoms with Crippen LogP contribution < -0.4 is 5.32 Å². The van der Waals surface area contributed by atoms with Crippen LogP contribution in [0.15, 0.2) is 63.3 Å². The van der Waals surface area contributed by atoms with E-state index in [1.165, 1.54) is 35.6 Å². The third-order valence-corrected chi connectivity index (χ3v) is 7.76. The number of hydrogen-bond acceptors (Lipinski definition) is 7. The maximum atomic E-state index is 12.9. The van der Waals surface area contributed by atoms with Crippen molar-refractivity contribution in [3.05, 3.63) is 63.9 Å². The van der Waals surface area contributed by atoms with Crippen LogP contribution in [0.5, 0.6) is 0 Å². The highest BCUT2D eigenvalue weighted by molar-refractivity contribution is 9.10. The van der Waals surface area contributed by atoms with Crippen LogP contribution >= 0.6 is 27.3 Å². The highest BCUT2D eigenvalue weighted by Gasteiger charge is 2.24. The molecule has 3 aromatic rings.